The van der Waals surface area contributed by atoms with Crippen molar-refractivity contribution in [3.05, 3.63) is 24.3 Å². The molecule has 0 heterocycles. The average Bonchev–Trinajstić information content (AvgIpc) is 2.43. The largest absolute Gasteiger partial charge is 0.366 e. The van der Waals surface area contributed by atoms with Crippen LogP contribution < -0.4 is 5.73 Å². The monoisotopic (exact) mass is 109 g/mol. The Bertz CT molecular complexity index is 163. The van der Waals surface area contributed by atoms with Crippen molar-refractivity contribution in [1.29, 1.82) is 0 Å². The van der Waals surface area contributed by atoms with E-state index in [0.717, 1.165) is 0 Å². The van der Waals surface area contributed by atoms with Crippen molar-refractivity contribution in [3.8, 4) is 0 Å². The van der Waals surface area contributed by atoms with Crippen molar-refractivity contribution in [3.63, 3.8) is 0 Å². The fraction of sp³-hybridized carbons (Fsp3) is 0.167. The Hall–Kier alpha value is -1.05. The van der Waals surface area contributed by atoms with Gasteiger partial charge in [-0.05, 0) is 0 Å². The third-order valence-electron chi connectivity index (χ3n) is 1.10. The van der Waals surface area contributed by atoms with Crippen molar-refractivity contribution in [2.75, 3.05) is 0 Å². The van der Waals surface area contributed by atoms with Gasteiger partial charge in [-0.2, -0.15) is 0 Å². The fourth-order valence-corrected chi connectivity index (χ4v) is 0.452. The van der Waals surface area contributed by atoms with E-state index in [1.165, 1.54) is 0 Å². The minimum absolute atomic E-state index is 0.174. The molecule has 0 unspecified atom stereocenters. The summed E-state index contributed by atoms with van der Waals surface area (Å²) in [4.78, 5) is 10.3. The predicted molar refractivity (Wildman–Crippen MR) is 31.0 cm³/mol. The van der Waals surface area contributed by atoms with Crippen LogP contribution in [0.1, 0.15) is 0 Å². The highest BCUT2D eigenvalue weighted by Gasteiger charge is 2.17. The van der Waals surface area contributed by atoms with Crippen LogP contribution in [0.15, 0.2) is 24.3 Å². The highest BCUT2D eigenvalue weighted by molar-refractivity contribution is 5.93. The smallest absolute Gasteiger partial charge is 0.244 e. The molecule has 1 aliphatic rings. The molecule has 0 saturated carbocycles. The zero-order valence-electron chi connectivity index (χ0n) is 4.42. The third kappa shape index (κ3) is 0.780. The zero-order chi connectivity index (χ0) is 6.15. The number of amides is 1. The molecule has 0 aromatic rings. The second-order valence-corrected chi connectivity index (χ2v) is 1.80. The predicted octanol–water partition coefficient (Wildman–Crippen LogP) is 0.214. The Morgan fingerprint density at radius 2 is 2.12 bits per heavy atom. The van der Waals surface area contributed by atoms with Crippen molar-refractivity contribution in [1.82, 2.24) is 0 Å². The number of hydrogen-bond acceptors (Lipinski definition) is 1. The molecule has 1 aliphatic carbocycles. The highest BCUT2D eigenvalue weighted by Crippen LogP contribution is 2.23. The van der Waals surface area contributed by atoms with Gasteiger partial charge in [-0.15, -0.1) is 0 Å². The molecule has 2 heteroatoms. The van der Waals surface area contributed by atoms with Crippen LogP contribution in [0.3, 0.4) is 0 Å². The molecule has 0 aliphatic heterocycles. The van der Waals surface area contributed by atoms with Gasteiger partial charge in [0.2, 0.25) is 5.91 Å². The molecular formula is C6H7NO. The van der Waals surface area contributed by atoms with Gasteiger partial charge in [0, 0.05) is 11.5 Å². The van der Waals surface area contributed by atoms with Crippen LogP contribution in [0, 0.1) is 5.92 Å². The normalized spacial score (nSPS) is 16.0. The first-order valence-corrected chi connectivity index (χ1v) is 2.39. The van der Waals surface area contributed by atoms with Crippen LogP contribution in [-0.4, -0.2) is 5.91 Å². The molecule has 0 saturated heterocycles. The Morgan fingerprint density at radius 3 is 2.25 bits per heavy atom. The molecule has 0 bridgehead atoms. The van der Waals surface area contributed by atoms with E-state index in [-0.39, 0.29) is 5.92 Å². The average molecular weight is 109 g/mol. The SMILES string of the molecule is C=C(C(N)=O)C1C=C1. The minimum Gasteiger partial charge on any atom is -0.366 e. The maximum atomic E-state index is 10.3. The van der Waals surface area contributed by atoms with Gasteiger partial charge in [-0.1, -0.05) is 18.7 Å². The number of primary amides is 1. The first kappa shape index (κ1) is 5.09. The molecule has 1 amide bonds. The van der Waals surface area contributed by atoms with Gasteiger partial charge in [-0.25, -0.2) is 0 Å². The lowest BCUT2D eigenvalue weighted by Crippen LogP contribution is -2.14. The summed E-state index contributed by atoms with van der Waals surface area (Å²) >= 11 is 0. The van der Waals surface area contributed by atoms with Crippen LogP contribution in [-0.2, 0) is 4.79 Å². The van der Waals surface area contributed by atoms with Gasteiger partial charge in [0.05, 0.1) is 0 Å². The van der Waals surface area contributed by atoms with Gasteiger partial charge in [0.1, 0.15) is 0 Å². The molecule has 8 heavy (non-hydrogen) atoms. The van der Waals surface area contributed by atoms with E-state index in [0.29, 0.717) is 5.57 Å². The van der Waals surface area contributed by atoms with E-state index in [2.05, 4.69) is 6.58 Å². The third-order valence-corrected chi connectivity index (χ3v) is 1.10. The molecule has 0 spiro atoms. The van der Waals surface area contributed by atoms with Crippen molar-refractivity contribution in [2.45, 2.75) is 0 Å². The highest BCUT2D eigenvalue weighted by atomic mass is 16.1. The first-order valence-electron chi connectivity index (χ1n) is 2.39. The summed E-state index contributed by atoms with van der Waals surface area (Å²) in [6.07, 6.45) is 3.76. The van der Waals surface area contributed by atoms with E-state index < -0.39 is 5.91 Å². The van der Waals surface area contributed by atoms with E-state index in [4.69, 9.17) is 5.73 Å². The van der Waals surface area contributed by atoms with E-state index in [9.17, 15) is 4.79 Å². The van der Waals surface area contributed by atoms with Gasteiger partial charge in [0.25, 0.3) is 0 Å². The molecular weight excluding hydrogens is 102 g/mol. The van der Waals surface area contributed by atoms with Crippen molar-refractivity contribution >= 4 is 5.91 Å². The van der Waals surface area contributed by atoms with Gasteiger partial charge in [-0.3, -0.25) is 4.79 Å². The number of carbonyl (C=O) groups is 1. The summed E-state index contributed by atoms with van der Waals surface area (Å²) in [5, 5.41) is 0. The number of carbonyl (C=O) groups excluding carboxylic acids is 1. The van der Waals surface area contributed by atoms with Crippen LogP contribution in [0.4, 0.5) is 0 Å². The van der Waals surface area contributed by atoms with Crippen molar-refractivity contribution in [2.24, 2.45) is 11.7 Å². The van der Waals surface area contributed by atoms with Gasteiger partial charge < -0.3 is 5.73 Å². The van der Waals surface area contributed by atoms with Crippen LogP contribution in [0.2, 0.25) is 0 Å². The van der Waals surface area contributed by atoms with Crippen LogP contribution in [0.5, 0.6) is 0 Å². The second kappa shape index (κ2) is 1.47. The fourth-order valence-electron chi connectivity index (χ4n) is 0.452. The molecule has 0 aromatic heterocycles. The molecule has 2 nitrogen and oxygen atoms in total. The number of nitrogens with two attached hydrogens (primary N) is 1. The Kier molecular flexibility index (Phi) is 0.938. The molecule has 0 aromatic carbocycles. The van der Waals surface area contributed by atoms with Gasteiger partial charge in [0.15, 0.2) is 0 Å². The van der Waals surface area contributed by atoms with Crippen LogP contribution in [0.25, 0.3) is 0 Å². The van der Waals surface area contributed by atoms with E-state index in [1.54, 1.807) is 0 Å². The number of allylic oxidation sites excluding steroid dienone is 2. The lowest BCUT2D eigenvalue weighted by Gasteiger charge is -1.92. The maximum Gasteiger partial charge on any atom is 0.244 e. The summed E-state index contributed by atoms with van der Waals surface area (Å²) < 4.78 is 0. The van der Waals surface area contributed by atoms with E-state index in [1.807, 2.05) is 12.2 Å². The number of hydrogen-bond donors (Lipinski definition) is 1. The summed E-state index contributed by atoms with van der Waals surface area (Å²) in [5.74, 6) is -0.229. The second-order valence-electron chi connectivity index (χ2n) is 1.80. The van der Waals surface area contributed by atoms with Gasteiger partial charge >= 0.3 is 0 Å². The minimum atomic E-state index is -0.403. The summed E-state index contributed by atoms with van der Waals surface area (Å²) in [6.45, 7) is 3.48. The Balaban J connectivity index is 2.46. The topological polar surface area (TPSA) is 43.1 Å². The summed E-state index contributed by atoms with van der Waals surface area (Å²) in [5.41, 5.74) is 5.39. The standard InChI is InChI=1S/C6H7NO/c1-4(6(7)8)5-2-3-5/h2-3,5H,1H2,(H2,7,8). The molecule has 2 N–H and O–H groups in total. The van der Waals surface area contributed by atoms with E-state index >= 15 is 0 Å². The molecule has 0 atom stereocenters. The summed E-state index contributed by atoms with van der Waals surface area (Å²) in [7, 11) is 0. The quantitative estimate of drug-likeness (QED) is 0.400. The maximum absolute atomic E-state index is 10.3. The first-order chi connectivity index (χ1) is 3.72. The zero-order valence-corrected chi connectivity index (χ0v) is 4.42. The molecule has 0 radical (unpaired) electrons. The molecule has 42 valence electrons. The van der Waals surface area contributed by atoms with Crippen molar-refractivity contribution < 1.29 is 4.79 Å². The molecule has 1 rings (SSSR count). The Morgan fingerprint density at radius 1 is 1.62 bits per heavy atom. The lowest BCUT2D eigenvalue weighted by atomic mass is 10.2. The number of rotatable bonds is 2. The molecule has 0 fully saturated rings. The van der Waals surface area contributed by atoms with Crippen LogP contribution >= 0.6 is 0 Å². The summed E-state index contributed by atoms with van der Waals surface area (Å²) in [6, 6.07) is 0. The lowest BCUT2D eigenvalue weighted by molar-refractivity contribution is -0.114. The Labute approximate surface area is 47.7 Å².